The molecule has 1 aliphatic heterocycles. The van der Waals surface area contributed by atoms with Gasteiger partial charge in [0, 0.05) is 50.3 Å². The van der Waals surface area contributed by atoms with Crippen molar-refractivity contribution in [3.63, 3.8) is 0 Å². The molecule has 1 aromatic carbocycles. The summed E-state index contributed by atoms with van der Waals surface area (Å²) in [6.07, 6.45) is 2.78. The molecule has 1 aliphatic rings. The van der Waals surface area contributed by atoms with Gasteiger partial charge in [-0.25, -0.2) is 14.6 Å². The van der Waals surface area contributed by atoms with E-state index in [9.17, 15) is 19.2 Å². The van der Waals surface area contributed by atoms with E-state index in [0.29, 0.717) is 55.6 Å². The molecule has 0 radical (unpaired) electrons. The average molecular weight is 619 g/mol. The van der Waals surface area contributed by atoms with Crippen molar-refractivity contribution in [1.29, 1.82) is 0 Å². The van der Waals surface area contributed by atoms with Gasteiger partial charge in [0.05, 0.1) is 13.2 Å². The molecule has 3 N–H and O–H groups in total. The first kappa shape index (κ1) is 33.1. The number of amides is 4. The van der Waals surface area contributed by atoms with Crippen molar-refractivity contribution in [2.75, 3.05) is 26.7 Å². The van der Waals surface area contributed by atoms with E-state index < -0.39 is 12.1 Å². The van der Waals surface area contributed by atoms with Crippen molar-refractivity contribution in [1.82, 2.24) is 40.6 Å². The molecule has 13 nitrogen and oxygen atoms in total. The number of fused-ring (bicyclic) bond motifs is 1. The summed E-state index contributed by atoms with van der Waals surface area (Å²) < 4.78 is 6.69. The standard InChI is InChI=1S/C32H42N8O5/c1-21(2)29-30-35-22(3)38-40(30)20-27(42)33-14-9-17-39(32(44)24-13-15-34-28(19-24)45-4)16-8-12-26(41)36-25(31(43)37-29)18-23-10-6-5-7-11-23/h5-7,10-11,13,15,19,21,25,29H,8-9,12,14,16-18,20H2,1-4H3,(H,33,42)(H,36,41)(H,37,43)/t25-,29+/m1/s1. The first-order chi connectivity index (χ1) is 21.6. The highest BCUT2D eigenvalue weighted by Crippen LogP contribution is 2.21. The minimum Gasteiger partial charge on any atom is -0.481 e. The zero-order chi connectivity index (χ0) is 32.3. The number of carbonyl (C=O) groups is 4. The highest BCUT2D eigenvalue weighted by atomic mass is 16.5. The number of benzene rings is 1. The second kappa shape index (κ2) is 15.8. The molecule has 13 heteroatoms. The zero-order valence-corrected chi connectivity index (χ0v) is 26.3. The van der Waals surface area contributed by atoms with Crippen LogP contribution in [-0.2, 0) is 27.3 Å². The van der Waals surface area contributed by atoms with E-state index in [4.69, 9.17) is 4.74 Å². The maximum atomic E-state index is 13.8. The highest BCUT2D eigenvalue weighted by molar-refractivity contribution is 5.94. The van der Waals surface area contributed by atoms with Crippen LogP contribution in [0.2, 0.25) is 0 Å². The molecule has 2 aromatic heterocycles. The lowest BCUT2D eigenvalue weighted by molar-refractivity contribution is -0.129. The zero-order valence-electron chi connectivity index (χ0n) is 26.3. The summed E-state index contributed by atoms with van der Waals surface area (Å²) in [6.45, 7) is 6.53. The van der Waals surface area contributed by atoms with Gasteiger partial charge >= 0.3 is 0 Å². The van der Waals surface area contributed by atoms with Gasteiger partial charge in [0.1, 0.15) is 18.4 Å². The normalized spacial score (nSPS) is 19.0. The summed E-state index contributed by atoms with van der Waals surface area (Å²) in [6, 6.07) is 11.2. The smallest absolute Gasteiger partial charge is 0.254 e. The molecule has 4 rings (SSSR count). The number of aryl methyl sites for hydroxylation is 1. The summed E-state index contributed by atoms with van der Waals surface area (Å²) in [5.41, 5.74) is 1.30. The molecule has 3 aromatic rings. The number of methoxy groups -OCH3 is 1. The fourth-order valence-corrected chi connectivity index (χ4v) is 5.20. The van der Waals surface area contributed by atoms with Crippen molar-refractivity contribution in [3.05, 3.63) is 71.4 Å². The third kappa shape index (κ3) is 9.34. The van der Waals surface area contributed by atoms with E-state index in [1.165, 1.54) is 18.0 Å². The number of hydrogen-bond donors (Lipinski definition) is 3. The first-order valence-electron chi connectivity index (χ1n) is 15.3. The van der Waals surface area contributed by atoms with Crippen LogP contribution in [0, 0.1) is 12.8 Å². The molecule has 4 amide bonds. The maximum Gasteiger partial charge on any atom is 0.254 e. The molecule has 0 saturated heterocycles. The minimum atomic E-state index is -0.859. The molecular formula is C32H42N8O5. The molecule has 0 bridgehead atoms. The van der Waals surface area contributed by atoms with Crippen LogP contribution in [0.15, 0.2) is 48.7 Å². The number of aromatic nitrogens is 4. The summed E-state index contributed by atoms with van der Waals surface area (Å²) in [5.74, 6) is 0.00870. The Labute approximate surface area is 263 Å². The number of rotatable bonds is 5. The van der Waals surface area contributed by atoms with Crippen LogP contribution in [0.5, 0.6) is 5.88 Å². The largest absolute Gasteiger partial charge is 0.481 e. The van der Waals surface area contributed by atoms with Crippen LogP contribution in [0.4, 0.5) is 0 Å². The van der Waals surface area contributed by atoms with Crippen molar-refractivity contribution >= 4 is 23.6 Å². The number of hydrogen-bond acceptors (Lipinski definition) is 8. The summed E-state index contributed by atoms with van der Waals surface area (Å²) in [4.78, 5) is 63.7. The molecule has 2 atom stereocenters. The first-order valence-corrected chi connectivity index (χ1v) is 15.3. The Balaban J connectivity index is 1.60. The van der Waals surface area contributed by atoms with Crippen molar-refractivity contribution in [2.45, 2.75) is 65.1 Å². The second-order valence-electron chi connectivity index (χ2n) is 11.4. The SMILES string of the molecule is COc1cc(C(=O)N2CCCNC(=O)Cn3nc(C)nc3[C@H](C(C)C)NC(=O)[C@@H](Cc3ccccc3)NC(=O)CCC2)ccn1. The Hall–Kier alpha value is -4.81. The Morgan fingerprint density at radius 3 is 2.53 bits per heavy atom. The summed E-state index contributed by atoms with van der Waals surface area (Å²) in [7, 11) is 1.48. The van der Waals surface area contributed by atoms with Gasteiger partial charge in [0.25, 0.3) is 5.91 Å². The van der Waals surface area contributed by atoms with Gasteiger partial charge in [-0.2, -0.15) is 5.10 Å². The van der Waals surface area contributed by atoms with Gasteiger partial charge in [-0.3, -0.25) is 19.2 Å². The molecule has 0 spiro atoms. The lowest BCUT2D eigenvalue weighted by atomic mass is 10.0. The number of carbonyl (C=O) groups excluding carboxylic acids is 4. The number of nitrogens with zero attached hydrogens (tertiary/aromatic N) is 5. The monoisotopic (exact) mass is 618 g/mol. The van der Waals surface area contributed by atoms with Crippen molar-refractivity contribution in [3.8, 4) is 5.88 Å². The predicted molar refractivity (Wildman–Crippen MR) is 166 cm³/mol. The van der Waals surface area contributed by atoms with E-state index >= 15 is 0 Å². The minimum absolute atomic E-state index is 0.0816. The van der Waals surface area contributed by atoms with Crippen LogP contribution >= 0.6 is 0 Å². The number of ether oxygens (including phenoxy) is 1. The van der Waals surface area contributed by atoms with Gasteiger partial charge in [-0.05, 0) is 37.3 Å². The summed E-state index contributed by atoms with van der Waals surface area (Å²) in [5, 5.41) is 13.3. The van der Waals surface area contributed by atoms with E-state index in [1.54, 1.807) is 24.0 Å². The lowest BCUT2D eigenvalue weighted by Gasteiger charge is -2.26. The van der Waals surface area contributed by atoms with Gasteiger partial charge in [0.2, 0.25) is 23.6 Å². The van der Waals surface area contributed by atoms with Crippen LogP contribution < -0.4 is 20.7 Å². The maximum absolute atomic E-state index is 13.8. The van der Waals surface area contributed by atoms with E-state index in [2.05, 4.69) is 31.0 Å². The molecule has 0 fully saturated rings. The number of nitrogens with one attached hydrogen (secondary N) is 3. The van der Waals surface area contributed by atoms with Gasteiger partial charge < -0.3 is 25.6 Å². The van der Waals surface area contributed by atoms with Gasteiger partial charge in [0.15, 0.2) is 5.82 Å². The highest BCUT2D eigenvalue weighted by Gasteiger charge is 2.30. The fraction of sp³-hybridized carbons (Fsp3) is 0.469. The Morgan fingerprint density at radius 1 is 1.04 bits per heavy atom. The quantitative estimate of drug-likeness (QED) is 0.391. The van der Waals surface area contributed by atoms with E-state index in [0.717, 1.165) is 5.56 Å². The Morgan fingerprint density at radius 2 is 1.80 bits per heavy atom. The Bertz CT molecular complexity index is 1480. The van der Waals surface area contributed by atoms with Crippen LogP contribution in [0.1, 0.15) is 66.7 Å². The Kier molecular flexibility index (Phi) is 11.6. The predicted octanol–water partition coefficient (Wildman–Crippen LogP) is 1.97. The van der Waals surface area contributed by atoms with E-state index in [-0.39, 0.29) is 48.9 Å². The second-order valence-corrected chi connectivity index (χ2v) is 11.4. The van der Waals surface area contributed by atoms with Crippen molar-refractivity contribution in [2.24, 2.45) is 5.92 Å². The van der Waals surface area contributed by atoms with Crippen molar-refractivity contribution < 1.29 is 23.9 Å². The van der Waals surface area contributed by atoms with Gasteiger partial charge in [-0.15, -0.1) is 0 Å². The molecule has 3 heterocycles. The molecule has 240 valence electrons. The lowest BCUT2D eigenvalue weighted by Crippen LogP contribution is -2.50. The summed E-state index contributed by atoms with van der Waals surface area (Å²) >= 11 is 0. The average Bonchev–Trinajstić information content (AvgIpc) is 3.38. The van der Waals surface area contributed by atoms with Crippen LogP contribution in [0.3, 0.4) is 0 Å². The van der Waals surface area contributed by atoms with Crippen LogP contribution in [0.25, 0.3) is 0 Å². The van der Waals surface area contributed by atoms with Gasteiger partial charge in [-0.1, -0.05) is 44.2 Å². The third-order valence-corrected chi connectivity index (χ3v) is 7.51. The molecular weight excluding hydrogens is 576 g/mol. The number of pyridine rings is 1. The topological polar surface area (TPSA) is 160 Å². The van der Waals surface area contributed by atoms with Crippen LogP contribution in [-0.4, -0.2) is 81.1 Å². The third-order valence-electron chi connectivity index (χ3n) is 7.51. The molecule has 45 heavy (non-hydrogen) atoms. The molecule has 0 aliphatic carbocycles. The van der Waals surface area contributed by atoms with E-state index in [1.807, 2.05) is 44.2 Å². The molecule has 0 saturated carbocycles. The molecule has 0 unspecified atom stereocenters. The fourth-order valence-electron chi connectivity index (χ4n) is 5.20.